The molecule has 23 heavy (non-hydrogen) atoms. The smallest absolute Gasteiger partial charge is 0.407 e. The second-order valence-corrected chi connectivity index (χ2v) is 6.54. The predicted molar refractivity (Wildman–Crippen MR) is 91.4 cm³/mol. The molecule has 0 fully saturated rings. The molecule has 0 aliphatic heterocycles. The SMILES string of the molecule is C=CC(O)C(Cc1c[nH]c2ccccc12)NC(=O)OC(C)(C)C. The highest BCUT2D eigenvalue weighted by Gasteiger charge is 2.24. The summed E-state index contributed by atoms with van der Waals surface area (Å²) in [5.74, 6) is 0. The molecule has 1 amide bonds. The van der Waals surface area contributed by atoms with Crippen LogP contribution in [0.2, 0.25) is 0 Å². The van der Waals surface area contributed by atoms with Gasteiger partial charge in [0.15, 0.2) is 0 Å². The van der Waals surface area contributed by atoms with Crippen LogP contribution in [0, 0.1) is 0 Å². The van der Waals surface area contributed by atoms with Gasteiger partial charge in [0, 0.05) is 17.1 Å². The normalized spacial score (nSPS) is 14.3. The third-order valence-corrected chi connectivity index (χ3v) is 3.47. The molecule has 0 aliphatic rings. The van der Waals surface area contributed by atoms with E-state index in [1.807, 2.05) is 30.5 Å². The Balaban J connectivity index is 2.16. The molecule has 2 atom stereocenters. The van der Waals surface area contributed by atoms with Gasteiger partial charge in [-0.2, -0.15) is 0 Å². The zero-order valence-corrected chi connectivity index (χ0v) is 13.8. The van der Waals surface area contributed by atoms with Crippen LogP contribution < -0.4 is 5.32 Å². The van der Waals surface area contributed by atoms with E-state index in [1.165, 1.54) is 6.08 Å². The number of para-hydroxylation sites is 1. The van der Waals surface area contributed by atoms with Crippen molar-refractivity contribution in [1.29, 1.82) is 0 Å². The number of aliphatic hydroxyl groups is 1. The summed E-state index contributed by atoms with van der Waals surface area (Å²) in [4.78, 5) is 15.2. The summed E-state index contributed by atoms with van der Waals surface area (Å²) in [7, 11) is 0. The minimum atomic E-state index is -0.865. The Bertz CT molecular complexity index is 685. The molecule has 5 nitrogen and oxygen atoms in total. The second-order valence-electron chi connectivity index (χ2n) is 6.54. The first-order valence-electron chi connectivity index (χ1n) is 7.65. The van der Waals surface area contributed by atoms with E-state index in [-0.39, 0.29) is 0 Å². The second kappa shape index (κ2) is 6.87. The lowest BCUT2D eigenvalue weighted by Gasteiger charge is -2.25. The van der Waals surface area contributed by atoms with Crippen LogP contribution in [0.15, 0.2) is 43.1 Å². The molecule has 0 bridgehead atoms. The number of aliphatic hydroxyl groups excluding tert-OH is 1. The third kappa shape index (κ3) is 4.60. The maximum atomic E-state index is 12.0. The minimum absolute atomic E-state index is 0.469. The number of carbonyl (C=O) groups excluding carboxylic acids is 1. The van der Waals surface area contributed by atoms with Crippen LogP contribution in [-0.4, -0.2) is 33.9 Å². The fraction of sp³-hybridized carbons (Fsp3) is 0.389. The van der Waals surface area contributed by atoms with Gasteiger partial charge in [-0.15, -0.1) is 6.58 Å². The van der Waals surface area contributed by atoms with Crippen LogP contribution in [0.3, 0.4) is 0 Å². The van der Waals surface area contributed by atoms with Gasteiger partial charge in [0.05, 0.1) is 12.1 Å². The minimum Gasteiger partial charge on any atom is -0.444 e. The fourth-order valence-electron chi connectivity index (χ4n) is 2.42. The van der Waals surface area contributed by atoms with Gasteiger partial charge >= 0.3 is 6.09 Å². The number of hydrogen-bond donors (Lipinski definition) is 3. The van der Waals surface area contributed by atoms with Crippen molar-refractivity contribution in [2.45, 2.75) is 44.9 Å². The molecule has 0 radical (unpaired) electrons. The van der Waals surface area contributed by atoms with E-state index in [9.17, 15) is 9.90 Å². The summed E-state index contributed by atoms with van der Waals surface area (Å²) in [6, 6.07) is 7.39. The number of aromatic nitrogens is 1. The highest BCUT2D eigenvalue weighted by atomic mass is 16.6. The van der Waals surface area contributed by atoms with Crippen LogP contribution in [0.25, 0.3) is 10.9 Å². The number of alkyl carbamates (subject to hydrolysis) is 1. The molecular formula is C18H24N2O3. The fourth-order valence-corrected chi connectivity index (χ4v) is 2.42. The van der Waals surface area contributed by atoms with Crippen LogP contribution in [0.1, 0.15) is 26.3 Å². The van der Waals surface area contributed by atoms with E-state index in [0.29, 0.717) is 6.42 Å². The van der Waals surface area contributed by atoms with E-state index >= 15 is 0 Å². The molecule has 2 unspecified atom stereocenters. The van der Waals surface area contributed by atoms with Crippen molar-refractivity contribution in [3.8, 4) is 0 Å². The zero-order chi connectivity index (χ0) is 17.0. The quantitative estimate of drug-likeness (QED) is 0.742. The average Bonchev–Trinajstić information content (AvgIpc) is 2.87. The number of carbonyl (C=O) groups is 1. The molecule has 1 heterocycles. The first-order chi connectivity index (χ1) is 10.8. The van der Waals surface area contributed by atoms with E-state index in [0.717, 1.165) is 16.5 Å². The van der Waals surface area contributed by atoms with Crippen LogP contribution in [0.5, 0.6) is 0 Å². The van der Waals surface area contributed by atoms with Crippen molar-refractivity contribution in [1.82, 2.24) is 10.3 Å². The van der Waals surface area contributed by atoms with Crippen molar-refractivity contribution in [3.63, 3.8) is 0 Å². The van der Waals surface area contributed by atoms with Gasteiger partial charge in [0.2, 0.25) is 0 Å². The number of hydrogen-bond acceptors (Lipinski definition) is 3. The van der Waals surface area contributed by atoms with Crippen molar-refractivity contribution in [3.05, 3.63) is 48.7 Å². The number of rotatable bonds is 5. The molecule has 2 rings (SSSR count). The van der Waals surface area contributed by atoms with Gasteiger partial charge in [-0.1, -0.05) is 24.3 Å². The maximum Gasteiger partial charge on any atom is 0.407 e. The summed E-state index contributed by atoms with van der Waals surface area (Å²) >= 11 is 0. The van der Waals surface area contributed by atoms with E-state index in [2.05, 4.69) is 16.9 Å². The molecule has 1 aromatic heterocycles. The van der Waals surface area contributed by atoms with Crippen molar-refractivity contribution in [2.75, 3.05) is 0 Å². The standard InChI is InChI=1S/C18H24N2O3/c1-5-16(21)15(20-17(22)23-18(2,3)4)10-12-11-19-14-9-7-6-8-13(12)14/h5-9,11,15-16,19,21H,1,10H2,2-4H3,(H,20,22). The molecule has 0 aliphatic carbocycles. The first-order valence-corrected chi connectivity index (χ1v) is 7.65. The molecule has 0 saturated heterocycles. The van der Waals surface area contributed by atoms with E-state index in [4.69, 9.17) is 4.74 Å². The van der Waals surface area contributed by atoms with E-state index in [1.54, 1.807) is 20.8 Å². The molecule has 3 N–H and O–H groups in total. The molecule has 0 spiro atoms. The summed E-state index contributed by atoms with van der Waals surface area (Å²) in [5.41, 5.74) is 1.45. The van der Waals surface area contributed by atoms with Crippen molar-refractivity contribution in [2.24, 2.45) is 0 Å². The van der Waals surface area contributed by atoms with Gasteiger partial charge < -0.3 is 20.1 Å². The van der Waals surface area contributed by atoms with Crippen LogP contribution in [-0.2, 0) is 11.2 Å². The maximum absolute atomic E-state index is 12.0. The van der Waals surface area contributed by atoms with E-state index < -0.39 is 23.8 Å². The number of aromatic amines is 1. The van der Waals surface area contributed by atoms with Gasteiger partial charge in [-0.25, -0.2) is 4.79 Å². The van der Waals surface area contributed by atoms with Crippen LogP contribution in [0.4, 0.5) is 4.79 Å². The lowest BCUT2D eigenvalue weighted by molar-refractivity contribution is 0.0455. The number of nitrogens with one attached hydrogen (secondary N) is 2. The molecular weight excluding hydrogens is 292 g/mol. The first kappa shape index (κ1) is 17.1. The number of fused-ring (bicyclic) bond motifs is 1. The lowest BCUT2D eigenvalue weighted by atomic mass is 10.0. The molecule has 1 aromatic carbocycles. The molecule has 0 saturated carbocycles. The topological polar surface area (TPSA) is 74.4 Å². The number of benzene rings is 1. The monoisotopic (exact) mass is 316 g/mol. The Hall–Kier alpha value is -2.27. The summed E-state index contributed by atoms with van der Waals surface area (Å²) in [5, 5.41) is 13.9. The molecule has 5 heteroatoms. The van der Waals surface area contributed by atoms with Gasteiger partial charge in [0.25, 0.3) is 0 Å². The Morgan fingerprint density at radius 3 is 2.78 bits per heavy atom. The zero-order valence-electron chi connectivity index (χ0n) is 13.8. The Labute approximate surface area is 136 Å². The highest BCUT2D eigenvalue weighted by Crippen LogP contribution is 2.20. The summed E-state index contributed by atoms with van der Waals surface area (Å²) < 4.78 is 5.27. The van der Waals surface area contributed by atoms with Crippen molar-refractivity contribution >= 4 is 17.0 Å². The summed E-state index contributed by atoms with van der Waals surface area (Å²) in [6.45, 7) is 9.00. The summed E-state index contributed by atoms with van der Waals surface area (Å²) in [6.07, 6.45) is 2.36. The third-order valence-electron chi connectivity index (χ3n) is 3.47. The molecule has 2 aromatic rings. The van der Waals surface area contributed by atoms with Gasteiger partial charge in [0.1, 0.15) is 5.60 Å². The lowest BCUT2D eigenvalue weighted by Crippen LogP contribution is -2.46. The Morgan fingerprint density at radius 2 is 2.13 bits per heavy atom. The number of ether oxygens (including phenoxy) is 1. The number of H-pyrrole nitrogens is 1. The Morgan fingerprint density at radius 1 is 1.43 bits per heavy atom. The number of amides is 1. The highest BCUT2D eigenvalue weighted by molar-refractivity contribution is 5.83. The molecule has 124 valence electrons. The van der Waals surface area contributed by atoms with Crippen LogP contribution >= 0.6 is 0 Å². The van der Waals surface area contributed by atoms with Gasteiger partial charge in [-0.05, 0) is 38.8 Å². The average molecular weight is 316 g/mol. The Kier molecular flexibility index (Phi) is 5.11. The largest absolute Gasteiger partial charge is 0.444 e. The predicted octanol–water partition coefficient (Wildman–Crippen LogP) is 3.15. The van der Waals surface area contributed by atoms with Gasteiger partial charge in [-0.3, -0.25) is 0 Å². The van der Waals surface area contributed by atoms with Crippen molar-refractivity contribution < 1.29 is 14.6 Å².